The van der Waals surface area contributed by atoms with Crippen molar-refractivity contribution in [1.29, 1.82) is 0 Å². The van der Waals surface area contributed by atoms with Crippen LogP contribution < -0.4 is 0 Å². The average molecular weight is 242 g/mol. The van der Waals surface area contributed by atoms with Gasteiger partial charge in [0.05, 0.1) is 12.7 Å². The van der Waals surface area contributed by atoms with E-state index in [9.17, 15) is 10.2 Å². The number of aryl methyl sites for hydroxylation is 1. The Morgan fingerprint density at radius 2 is 1.56 bits per heavy atom. The summed E-state index contributed by atoms with van der Waals surface area (Å²) < 4.78 is 0. The molecule has 2 rings (SSSR count). The normalized spacial score (nSPS) is 12.3. The number of rotatable bonds is 5. The molecule has 0 radical (unpaired) electrons. The van der Waals surface area contributed by atoms with Gasteiger partial charge in [-0.2, -0.15) is 0 Å². The molecule has 94 valence electrons. The van der Waals surface area contributed by atoms with Gasteiger partial charge in [-0.05, 0) is 29.5 Å². The zero-order valence-electron chi connectivity index (χ0n) is 10.3. The summed E-state index contributed by atoms with van der Waals surface area (Å²) in [7, 11) is 0. The van der Waals surface area contributed by atoms with E-state index in [1.54, 1.807) is 0 Å². The lowest BCUT2D eigenvalue weighted by atomic mass is 9.97. The van der Waals surface area contributed by atoms with Gasteiger partial charge in [0, 0.05) is 0 Å². The van der Waals surface area contributed by atoms with Crippen molar-refractivity contribution in [3.05, 3.63) is 71.3 Å². The van der Waals surface area contributed by atoms with Gasteiger partial charge in [-0.15, -0.1) is 0 Å². The quantitative estimate of drug-likeness (QED) is 0.846. The van der Waals surface area contributed by atoms with Gasteiger partial charge in [-0.1, -0.05) is 54.6 Å². The van der Waals surface area contributed by atoms with E-state index in [1.807, 2.05) is 42.5 Å². The maximum atomic E-state index is 10.2. The molecule has 2 aromatic rings. The average Bonchev–Trinajstić information content (AvgIpc) is 2.45. The number of aliphatic hydroxyl groups excluding tert-OH is 2. The van der Waals surface area contributed by atoms with Gasteiger partial charge < -0.3 is 10.2 Å². The molecular weight excluding hydrogens is 224 g/mol. The lowest BCUT2D eigenvalue weighted by Crippen LogP contribution is -2.03. The summed E-state index contributed by atoms with van der Waals surface area (Å²) >= 11 is 0. The number of aliphatic hydroxyl groups is 2. The molecule has 0 fully saturated rings. The van der Waals surface area contributed by atoms with Crippen LogP contribution in [0.1, 0.15) is 29.2 Å². The molecule has 0 aliphatic rings. The van der Waals surface area contributed by atoms with Gasteiger partial charge >= 0.3 is 0 Å². The van der Waals surface area contributed by atoms with Gasteiger partial charge in [0.25, 0.3) is 0 Å². The van der Waals surface area contributed by atoms with E-state index in [1.165, 1.54) is 5.56 Å². The van der Waals surface area contributed by atoms with Crippen LogP contribution in [0, 0.1) is 0 Å². The minimum atomic E-state index is -0.520. The van der Waals surface area contributed by atoms with Crippen molar-refractivity contribution in [1.82, 2.24) is 0 Å². The zero-order valence-corrected chi connectivity index (χ0v) is 10.3. The fourth-order valence-electron chi connectivity index (χ4n) is 2.11. The van der Waals surface area contributed by atoms with Crippen molar-refractivity contribution < 1.29 is 10.2 Å². The van der Waals surface area contributed by atoms with E-state index in [2.05, 4.69) is 12.1 Å². The van der Waals surface area contributed by atoms with Crippen LogP contribution in [0.15, 0.2) is 54.6 Å². The van der Waals surface area contributed by atoms with Crippen molar-refractivity contribution in [2.24, 2.45) is 0 Å². The fraction of sp³-hybridized carbons (Fsp3) is 0.250. The highest BCUT2D eigenvalue weighted by atomic mass is 16.3. The van der Waals surface area contributed by atoms with Crippen LogP contribution in [0.2, 0.25) is 0 Å². The summed E-state index contributed by atoms with van der Waals surface area (Å²) in [4.78, 5) is 0. The van der Waals surface area contributed by atoms with E-state index in [4.69, 9.17) is 0 Å². The Balaban J connectivity index is 2.01. The highest BCUT2D eigenvalue weighted by Gasteiger charge is 2.11. The first kappa shape index (κ1) is 12.8. The maximum Gasteiger partial charge on any atom is 0.0796 e. The first-order valence-corrected chi connectivity index (χ1v) is 6.22. The topological polar surface area (TPSA) is 40.5 Å². The Kier molecular flexibility index (Phi) is 4.51. The molecule has 18 heavy (non-hydrogen) atoms. The first-order chi connectivity index (χ1) is 8.81. The van der Waals surface area contributed by atoms with Crippen molar-refractivity contribution in [2.45, 2.75) is 25.6 Å². The third kappa shape index (κ3) is 3.19. The Bertz CT molecular complexity index is 479. The zero-order chi connectivity index (χ0) is 12.8. The molecule has 1 unspecified atom stereocenters. The molecular formula is C16H18O2. The third-order valence-corrected chi connectivity index (χ3v) is 3.13. The van der Waals surface area contributed by atoms with Gasteiger partial charge in [0.2, 0.25) is 0 Å². The molecule has 2 nitrogen and oxygen atoms in total. The number of benzene rings is 2. The summed E-state index contributed by atoms with van der Waals surface area (Å²) in [6.45, 7) is -0.0292. The van der Waals surface area contributed by atoms with Gasteiger partial charge in [0.1, 0.15) is 0 Å². The van der Waals surface area contributed by atoms with E-state index in [0.717, 1.165) is 17.5 Å². The first-order valence-electron chi connectivity index (χ1n) is 6.22. The summed E-state index contributed by atoms with van der Waals surface area (Å²) in [6, 6.07) is 17.6. The Labute approximate surface area is 108 Å². The van der Waals surface area contributed by atoms with Crippen LogP contribution in [-0.2, 0) is 13.0 Å². The highest BCUT2D eigenvalue weighted by molar-refractivity contribution is 5.28. The van der Waals surface area contributed by atoms with Crippen LogP contribution in [0.25, 0.3) is 0 Å². The smallest absolute Gasteiger partial charge is 0.0796 e. The van der Waals surface area contributed by atoms with Crippen molar-refractivity contribution in [3.8, 4) is 0 Å². The molecule has 0 aromatic heterocycles. The van der Waals surface area contributed by atoms with Crippen LogP contribution in [-0.4, -0.2) is 10.2 Å². The van der Waals surface area contributed by atoms with E-state index in [-0.39, 0.29) is 6.61 Å². The molecule has 0 aliphatic carbocycles. The standard InChI is InChI=1S/C16H18O2/c17-12-14-8-4-5-9-15(14)16(18)11-10-13-6-2-1-3-7-13/h1-9,16-18H,10-12H2. The minimum Gasteiger partial charge on any atom is -0.392 e. The molecule has 2 N–H and O–H groups in total. The second kappa shape index (κ2) is 6.34. The number of hydrogen-bond acceptors (Lipinski definition) is 2. The second-order valence-electron chi connectivity index (χ2n) is 4.40. The molecule has 2 aromatic carbocycles. The van der Waals surface area contributed by atoms with Crippen LogP contribution in [0.4, 0.5) is 0 Å². The largest absolute Gasteiger partial charge is 0.392 e. The van der Waals surface area contributed by atoms with E-state index >= 15 is 0 Å². The highest BCUT2D eigenvalue weighted by Crippen LogP contribution is 2.22. The lowest BCUT2D eigenvalue weighted by Gasteiger charge is -2.14. The number of hydrogen-bond donors (Lipinski definition) is 2. The van der Waals surface area contributed by atoms with Gasteiger partial charge in [-0.25, -0.2) is 0 Å². The van der Waals surface area contributed by atoms with Gasteiger partial charge in [0.15, 0.2) is 0 Å². The summed E-state index contributed by atoms with van der Waals surface area (Å²) in [5, 5.41) is 19.4. The van der Waals surface area contributed by atoms with Crippen LogP contribution in [0.5, 0.6) is 0 Å². The SMILES string of the molecule is OCc1ccccc1C(O)CCc1ccccc1. The minimum absolute atomic E-state index is 0.0292. The fourth-order valence-corrected chi connectivity index (χ4v) is 2.11. The van der Waals surface area contributed by atoms with Crippen LogP contribution >= 0.6 is 0 Å². The predicted octanol–water partition coefficient (Wildman–Crippen LogP) is 2.85. The second-order valence-corrected chi connectivity index (χ2v) is 4.40. The summed E-state index contributed by atoms with van der Waals surface area (Å²) in [5.74, 6) is 0. The molecule has 2 heteroatoms. The Morgan fingerprint density at radius 1 is 0.889 bits per heavy atom. The molecule has 1 atom stereocenters. The van der Waals surface area contributed by atoms with Crippen molar-refractivity contribution in [2.75, 3.05) is 0 Å². The molecule has 0 spiro atoms. The van der Waals surface area contributed by atoms with Crippen molar-refractivity contribution >= 4 is 0 Å². The lowest BCUT2D eigenvalue weighted by molar-refractivity contribution is 0.163. The molecule has 0 saturated heterocycles. The molecule has 0 bridgehead atoms. The molecule has 0 amide bonds. The summed E-state index contributed by atoms with van der Waals surface area (Å²) in [6.07, 6.45) is 0.983. The molecule has 0 saturated carbocycles. The maximum absolute atomic E-state index is 10.2. The van der Waals surface area contributed by atoms with Crippen molar-refractivity contribution in [3.63, 3.8) is 0 Å². The summed E-state index contributed by atoms with van der Waals surface area (Å²) in [5.41, 5.74) is 2.85. The van der Waals surface area contributed by atoms with Gasteiger partial charge in [-0.3, -0.25) is 0 Å². The molecule has 0 aliphatic heterocycles. The molecule has 0 heterocycles. The van der Waals surface area contributed by atoms with E-state index < -0.39 is 6.10 Å². The monoisotopic (exact) mass is 242 g/mol. The third-order valence-electron chi connectivity index (χ3n) is 3.13. The predicted molar refractivity (Wildman–Crippen MR) is 72.1 cm³/mol. The Hall–Kier alpha value is -1.64. The van der Waals surface area contributed by atoms with Crippen LogP contribution in [0.3, 0.4) is 0 Å². The van der Waals surface area contributed by atoms with E-state index in [0.29, 0.717) is 6.42 Å². The Morgan fingerprint density at radius 3 is 2.28 bits per heavy atom.